The molecule has 2 N–H and O–H groups in total. The molecule has 1 fully saturated rings. The monoisotopic (exact) mass is 527 g/mol. The first-order valence-corrected chi connectivity index (χ1v) is 12.6. The number of anilines is 2. The first-order valence-electron chi connectivity index (χ1n) is 12.2. The van der Waals surface area contributed by atoms with Gasteiger partial charge in [0, 0.05) is 42.3 Å². The van der Waals surface area contributed by atoms with Crippen molar-refractivity contribution in [1.82, 2.24) is 14.9 Å². The number of methoxy groups -OCH3 is 2. The third-order valence-electron chi connectivity index (χ3n) is 6.57. The van der Waals surface area contributed by atoms with E-state index in [-0.39, 0.29) is 24.6 Å². The van der Waals surface area contributed by atoms with Gasteiger partial charge in [-0.25, -0.2) is 0 Å². The van der Waals surface area contributed by atoms with Gasteiger partial charge in [0.2, 0.25) is 5.91 Å². The summed E-state index contributed by atoms with van der Waals surface area (Å²) >= 11 is 5.90. The van der Waals surface area contributed by atoms with Crippen LogP contribution in [0.1, 0.15) is 29.0 Å². The van der Waals surface area contributed by atoms with Gasteiger partial charge in [-0.1, -0.05) is 6.07 Å². The molecule has 0 bridgehead atoms. The molecule has 0 aliphatic carbocycles. The van der Waals surface area contributed by atoms with E-state index < -0.39 is 0 Å². The van der Waals surface area contributed by atoms with Gasteiger partial charge in [-0.2, -0.15) is 0 Å². The minimum absolute atomic E-state index is 0.00248. The normalized spacial score (nSPS) is 16.8. The molecule has 0 spiro atoms. The number of nitrogens with one attached hydrogen (secondary N) is 2. The number of aromatic nitrogens is 2. The Labute approximate surface area is 227 Å². The van der Waals surface area contributed by atoms with Crippen molar-refractivity contribution in [3.63, 3.8) is 0 Å². The van der Waals surface area contributed by atoms with E-state index in [4.69, 9.17) is 21.7 Å². The lowest BCUT2D eigenvalue weighted by Gasteiger charge is -2.29. The SMILES string of the molecule is COCC(=O)Nc1ccc(N2C(=S)N[C@@H](c3ccccn3)[C@H]2c2cccn2-c2ccc(OC)cc2)cc1C. The van der Waals surface area contributed by atoms with Crippen LogP contribution in [0.15, 0.2) is 85.2 Å². The van der Waals surface area contributed by atoms with Gasteiger partial charge in [0.1, 0.15) is 18.4 Å². The van der Waals surface area contributed by atoms with Crippen LogP contribution < -0.4 is 20.3 Å². The predicted molar refractivity (Wildman–Crippen MR) is 152 cm³/mol. The molecule has 8 nitrogen and oxygen atoms in total. The van der Waals surface area contributed by atoms with Crippen LogP contribution in [-0.4, -0.2) is 41.4 Å². The van der Waals surface area contributed by atoms with Crippen LogP contribution >= 0.6 is 12.2 Å². The van der Waals surface area contributed by atoms with Crippen LogP contribution in [0, 0.1) is 6.92 Å². The van der Waals surface area contributed by atoms with E-state index in [2.05, 4.69) is 31.2 Å². The molecule has 1 amide bonds. The molecule has 2 aromatic heterocycles. The minimum Gasteiger partial charge on any atom is -0.497 e. The number of nitrogens with zero attached hydrogens (tertiary/aromatic N) is 3. The molecular weight excluding hydrogens is 498 g/mol. The zero-order chi connectivity index (χ0) is 26.6. The fourth-order valence-electron chi connectivity index (χ4n) is 4.80. The number of hydrogen-bond acceptors (Lipinski definition) is 5. The van der Waals surface area contributed by atoms with Crippen molar-refractivity contribution in [2.45, 2.75) is 19.0 Å². The average molecular weight is 528 g/mol. The lowest BCUT2D eigenvalue weighted by Crippen LogP contribution is -2.30. The molecule has 2 aromatic carbocycles. The van der Waals surface area contributed by atoms with E-state index in [1.807, 2.05) is 79.9 Å². The zero-order valence-electron chi connectivity index (χ0n) is 21.4. The Kier molecular flexibility index (Phi) is 7.39. The molecule has 1 saturated heterocycles. The standard InChI is InChI=1S/C29H29N5O3S/c1-19-17-21(11-14-23(19)31-26(35)18-36-2)34-28(27(32-29(34)38)24-7-4-5-15-30-24)25-8-6-16-33(25)20-9-12-22(37-3)13-10-20/h4-17,27-28H,18H2,1-3H3,(H,31,35)(H,32,38)/t27-,28+/m0/s1. The van der Waals surface area contributed by atoms with Gasteiger partial charge in [0.05, 0.1) is 18.8 Å². The van der Waals surface area contributed by atoms with Gasteiger partial charge < -0.3 is 29.6 Å². The maximum atomic E-state index is 12.1. The highest BCUT2D eigenvalue weighted by Gasteiger charge is 2.42. The van der Waals surface area contributed by atoms with Crippen molar-refractivity contribution in [1.29, 1.82) is 0 Å². The number of rotatable bonds is 8. The van der Waals surface area contributed by atoms with Gasteiger partial charge in [-0.3, -0.25) is 9.78 Å². The van der Waals surface area contributed by atoms with E-state index >= 15 is 0 Å². The number of carbonyl (C=O) groups is 1. The quantitative estimate of drug-likeness (QED) is 0.314. The van der Waals surface area contributed by atoms with Crippen molar-refractivity contribution in [2.24, 2.45) is 0 Å². The number of aryl methyl sites for hydroxylation is 1. The van der Waals surface area contributed by atoms with Crippen LogP contribution in [0.4, 0.5) is 11.4 Å². The van der Waals surface area contributed by atoms with Crippen LogP contribution in [0.25, 0.3) is 5.69 Å². The maximum Gasteiger partial charge on any atom is 0.250 e. The Hall–Kier alpha value is -4.21. The molecule has 38 heavy (non-hydrogen) atoms. The molecule has 1 aliphatic heterocycles. The average Bonchev–Trinajstić information content (AvgIpc) is 3.55. The number of benzene rings is 2. The van der Waals surface area contributed by atoms with Gasteiger partial charge in [0.15, 0.2) is 5.11 Å². The Balaban J connectivity index is 1.57. The second-order valence-electron chi connectivity index (χ2n) is 8.98. The molecule has 3 heterocycles. The largest absolute Gasteiger partial charge is 0.497 e. The number of ether oxygens (including phenoxy) is 2. The van der Waals surface area contributed by atoms with Crippen molar-refractivity contribution >= 4 is 34.6 Å². The van der Waals surface area contributed by atoms with Crippen molar-refractivity contribution < 1.29 is 14.3 Å². The summed E-state index contributed by atoms with van der Waals surface area (Å²) in [7, 11) is 3.16. The highest BCUT2D eigenvalue weighted by atomic mass is 32.1. The van der Waals surface area contributed by atoms with E-state index in [0.717, 1.165) is 39.8 Å². The molecule has 9 heteroatoms. The summed E-state index contributed by atoms with van der Waals surface area (Å²) in [4.78, 5) is 18.9. The fraction of sp³-hybridized carbons (Fsp3) is 0.207. The Morgan fingerprint density at radius 2 is 1.84 bits per heavy atom. The summed E-state index contributed by atoms with van der Waals surface area (Å²) in [6.07, 6.45) is 3.84. The second-order valence-corrected chi connectivity index (χ2v) is 9.36. The first-order chi connectivity index (χ1) is 18.5. The summed E-state index contributed by atoms with van der Waals surface area (Å²) in [6.45, 7) is 1.96. The lowest BCUT2D eigenvalue weighted by atomic mass is 10.00. The molecular formula is C29H29N5O3S. The fourth-order valence-corrected chi connectivity index (χ4v) is 5.15. The van der Waals surface area contributed by atoms with Crippen LogP contribution in [-0.2, 0) is 9.53 Å². The number of pyridine rings is 1. The first kappa shape index (κ1) is 25.4. The zero-order valence-corrected chi connectivity index (χ0v) is 22.2. The Bertz CT molecular complexity index is 1440. The summed E-state index contributed by atoms with van der Waals surface area (Å²) in [5, 5.41) is 7.01. The summed E-state index contributed by atoms with van der Waals surface area (Å²) in [6, 6.07) is 23.5. The molecule has 194 valence electrons. The van der Waals surface area contributed by atoms with Crippen molar-refractivity contribution in [3.05, 3.63) is 102 Å². The minimum atomic E-state index is -0.202. The molecule has 1 aliphatic rings. The van der Waals surface area contributed by atoms with Crippen LogP contribution in [0.3, 0.4) is 0 Å². The maximum absolute atomic E-state index is 12.1. The highest BCUT2D eigenvalue weighted by Crippen LogP contribution is 2.43. The second kappa shape index (κ2) is 11.0. The van der Waals surface area contributed by atoms with Gasteiger partial charge in [-0.05, 0) is 91.4 Å². The molecule has 4 aromatic rings. The number of carbonyl (C=O) groups excluding carboxylic acids is 1. The summed E-state index contributed by atoms with van der Waals surface area (Å²) in [5.41, 5.74) is 5.51. The Morgan fingerprint density at radius 1 is 1.05 bits per heavy atom. The smallest absolute Gasteiger partial charge is 0.250 e. The van der Waals surface area contributed by atoms with Gasteiger partial charge in [0.25, 0.3) is 0 Å². The van der Waals surface area contributed by atoms with E-state index in [9.17, 15) is 4.79 Å². The summed E-state index contributed by atoms with van der Waals surface area (Å²) in [5.74, 6) is 0.597. The predicted octanol–water partition coefficient (Wildman–Crippen LogP) is 4.95. The summed E-state index contributed by atoms with van der Waals surface area (Å²) < 4.78 is 12.5. The third kappa shape index (κ3) is 4.98. The highest BCUT2D eigenvalue weighted by molar-refractivity contribution is 7.80. The molecule has 2 atom stereocenters. The van der Waals surface area contributed by atoms with Crippen molar-refractivity contribution in [2.75, 3.05) is 31.0 Å². The van der Waals surface area contributed by atoms with E-state index in [0.29, 0.717) is 5.11 Å². The molecule has 0 unspecified atom stereocenters. The topological polar surface area (TPSA) is 80.7 Å². The van der Waals surface area contributed by atoms with Gasteiger partial charge in [-0.15, -0.1) is 0 Å². The number of amides is 1. The Morgan fingerprint density at radius 3 is 2.53 bits per heavy atom. The van der Waals surface area contributed by atoms with E-state index in [1.165, 1.54) is 7.11 Å². The number of hydrogen-bond donors (Lipinski definition) is 2. The van der Waals surface area contributed by atoms with E-state index in [1.54, 1.807) is 13.3 Å². The lowest BCUT2D eigenvalue weighted by molar-refractivity contribution is -0.119. The van der Waals surface area contributed by atoms with Gasteiger partial charge >= 0.3 is 0 Å². The third-order valence-corrected chi connectivity index (χ3v) is 6.88. The molecule has 5 rings (SSSR count). The number of thiocarbonyl (C=S) groups is 1. The molecule has 0 saturated carbocycles. The van der Waals surface area contributed by atoms with Crippen LogP contribution in [0.2, 0.25) is 0 Å². The molecule has 0 radical (unpaired) electrons. The van der Waals surface area contributed by atoms with Crippen molar-refractivity contribution in [3.8, 4) is 11.4 Å². The van der Waals surface area contributed by atoms with Crippen LogP contribution in [0.5, 0.6) is 5.75 Å².